The summed E-state index contributed by atoms with van der Waals surface area (Å²) < 4.78 is 26.8. The third-order valence-electron chi connectivity index (χ3n) is 3.74. The number of rotatable bonds is 5. The molecule has 1 aromatic rings. The highest BCUT2D eigenvalue weighted by atomic mass is 32.2. The van der Waals surface area contributed by atoms with Gasteiger partial charge in [-0.25, -0.2) is 8.42 Å². The zero-order valence-corrected chi connectivity index (χ0v) is 13.2. The first kappa shape index (κ1) is 15.4. The largest absolute Gasteiger partial charge is 0.297 e. The SMILES string of the molecule is CCN(C1CCN(Cc2cn(C)nn2)CC1)S(C)(=O)=O. The maximum atomic E-state index is 11.7. The van der Waals surface area contributed by atoms with Gasteiger partial charge < -0.3 is 0 Å². The number of aryl methyl sites for hydroxylation is 1. The molecule has 1 fully saturated rings. The van der Waals surface area contributed by atoms with Crippen LogP contribution in [0.1, 0.15) is 25.5 Å². The Labute approximate surface area is 120 Å². The van der Waals surface area contributed by atoms with Crippen LogP contribution in [0.25, 0.3) is 0 Å². The van der Waals surface area contributed by atoms with Crippen LogP contribution in [0, 0.1) is 0 Å². The Morgan fingerprint density at radius 2 is 2.05 bits per heavy atom. The van der Waals surface area contributed by atoms with Crippen molar-refractivity contribution in [3.05, 3.63) is 11.9 Å². The van der Waals surface area contributed by atoms with Crippen LogP contribution in [0.3, 0.4) is 0 Å². The fourth-order valence-electron chi connectivity index (χ4n) is 2.83. The fourth-order valence-corrected chi connectivity index (χ4v) is 4.05. The van der Waals surface area contributed by atoms with Crippen LogP contribution in [-0.2, 0) is 23.6 Å². The van der Waals surface area contributed by atoms with Gasteiger partial charge in [-0.15, -0.1) is 5.10 Å². The number of aromatic nitrogens is 3. The molecular weight excluding hydrogens is 278 g/mol. The van der Waals surface area contributed by atoms with Crippen LogP contribution < -0.4 is 0 Å². The zero-order valence-electron chi connectivity index (χ0n) is 12.4. The topological polar surface area (TPSA) is 71.3 Å². The summed E-state index contributed by atoms with van der Waals surface area (Å²) in [5, 5.41) is 8.01. The van der Waals surface area contributed by atoms with E-state index in [4.69, 9.17) is 0 Å². The van der Waals surface area contributed by atoms with Crippen LogP contribution in [0.15, 0.2) is 6.20 Å². The molecule has 0 saturated carbocycles. The average Bonchev–Trinajstić information content (AvgIpc) is 2.76. The Morgan fingerprint density at radius 3 is 2.50 bits per heavy atom. The molecule has 2 heterocycles. The van der Waals surface area contributed by atoms with Crippen molar-refractivity contribution in [2.75, 3.05) is 25.9 Å². The maximum Gasteiger partial charge on any atom is 0.211 e. The van der Waals surface area contributed by atoms with E-state index < -0.39 is 10.0 Å². The van der Waals surface area contributed by atoms with Crippen molar-refractivity contribution in [3.63, 3.8) is 0 Å². The van der Waals surface area contributed by atoms with Gasteiger partial charge in [0.05, 0.1) is 11.9 Å². The molecule has 0 atom stereocenters. The summed E-state index contributed by atoms with van der Waals surface area (Å²) in [6.45, 7) is 5.02. The summed E-state index contributed by atoms with van der Waals surface area (Å²) in [7, 11) is -1.24. The lowest BCUT2D eigenvalue weighted by Gasteiger charge is -2.36. The number of piperidine rings is 1. The minimum Gasteiger partial charge on any atom is -0.297 e. The molecule has 0 aliphatic carbocycles. The Balaban J connectivity index is 1.89. The van der Waals surface area contributed by atoms with Gasteiger partial charge >= 0.3 is 0 Å². The van der Waals surface area contributed by atoms with E-state index in [0.717, 1.165) is 38.2 Å². The van der Waals surface area contributed by atoms with E-state index in [1.807, 2.05) is 20.2 Å². The number of hydrogen-bond donors (Lipinski definition) is 0. The van der Waals surface area contributed by atoms with Crippen LogP contribution in [0.2, 0.25) is 0 Å². The molecule has 1 aliphatic rings. The van der Waals surface area contributed by atoms with Crippen molar-refractivity contribution in [1.29, 1.82) is 0 Å². The molecule has 0 amide bonds. The summed E-state index contributed by atoms with van der Waals surface area (Å²) >= 11 is 0. The second-order valence-corrected chi connectivity index (χ2v) is 7.29. The highest BCUT2D eigenvalue weighted by Gasteiger charge is 2.29. The minimum atomic E-state index is -3.10. The standard InChI is InChI=1S/C12H23N5O2S/c1-4-17(20(3,18)19)12-5-7-16(8-6-12)10-11-9-15(2)14-13-11/h9,12H,4-8,10H2,1-3H3. The molecule has 2 rings (SSSR count). The summed E-state index contributed by atoms with van der Waals surface area (Å²) in [4.78, 5) is 2.30. The average molecular weight is 301 g/mol. The Hall–Kier alpha value is -0.990. The van der Waals surface area contributed by atoms with Crippen LogP contribution >= 0.6 is 0 Å². The maximum absolute atomic E-state index is 11.7. The number of nitrogens with zero attached hydrogens (tertiary/aromatic N) is 5. The lowest BCUT2D eigenvalue weighted by atomic mass is 10.0. The molecule has 0 unspecified atom stereocenters. The molecule has 8 heteroatoms. The molecule has 20 heavy (non-hydrogen) atoms. The first-order valence-corrected chi connectivity index (χ1v) is 8.79. The lowest BCUT2D eigenvalue weighted by Crippen LogP contribution is -2.46. The molecule has 114 valence electrons. The Bertz CT molecular complexity index is 534. The van der Waals surface area contributed by atoms with Crippen molar-refractivity contribution in [3.8, 4) is 0 Å². The highest BCUT2D eigenvalue weighted by Crippen LogP contribution is 2.19. The summed E-state index contributed by atoms with van der Waals surface area (Å²) in [5.74, 6) is 0. The molecule has 0 spiro atoms. The number of hydrogen-bond acceptors (Lipinski definition) is 5. The molecule has 0 radical (unpaired) electrons. The third kappa shape index (κ3) is 3.77. The molecule has 0 aromatic carbocycles. The summed E-state index contributed by atoms with van der Waals surface area (Å²) in [6, 6.07) is 0.133. The van der Waals surface area contributed by atoms with Crippen molar-refractivity contribution in [2.45, 2.75) is 32.4 Å². The van der Waals surface area contributed by atoms with Crippen molar-refractivity contribution in [1.82, 2.24) is 24.2 Å². The molecular formula is C12H23N5O2S. The summed E-state index contributed by atoms with van der Waals surface area (Å²) in [5.41, 5.74) is 0.960. The van der Waals surface area contributed by atoms with Crippen LogP contribution in [-0.4, -0.2) is 64.5 Å². The summed E-state index contributed by atoms with van der Waals surface area (Å²) in [6.07, 6.45) is 4.96. The minimum absolute atomic E-state index is 0.133. The first-order valence-electron chi connectivity index (χ1n) is 6.94. The van der Waals surface area contributed by atoms with Crippen LogP contribution in [0.5, 0.6) is 0 Å². The first-order chi connectivity index (χ1) is 9.40. The molecule has 0 bridgehead atoms. The van der Waals surface area contributed by atoms with Gasteiger partial charge in [-0.3, -0.25) is 9.58 Å². The fraction of sp³-hybridized carbons (Fsp3) is 0.833. The van der Waals surface area contributed by atoms with Gasteiger partial charge in [0.1, 0.15) is 0 Å². The van der Waals surface area contributed by atoms with E-state index in [9.17, 15) is 8.42 Å². The van der Waals surface area contributed by atoms with Gasteiger partial charge in [-0.05, 0) is 12.8 Å². The normalized spacial score (nSPS) is 18.8. The molecule has 1 saturated heterocycles. The molecule has 1 aromatic heterocycles. The van der Waals surface area contributed by atoms with Gasteiger partial charge in [0.15, 0.2) is 0 Å². The van der Waals surface area contributed by atoms with E-state index in [-0.39, 0.29) is 6.04 Å². The van der Waals surface area contributed by atoms with Gasteiger partial charge in [-0.2, -0.15) is 4.31 Å². The second-order valence-electron chi connectivity index (χ2n) is 5.36. The third-order valence-corrected chi connectivity index (χ3v) is 5.15. The Kier molecular flexibility index (Phi) is 4.77. The predicted molar refractivity (Wildman–Crippen MR) is 76.5 cm³/mol. The van der Waals surface area contributed by atoms with Gasteiger partial charge in [0.25, 0.3) is 0 Å². The second kappa shape index (κ2) is 6.19. The lowest BCUT2D eigenvalue weighted by molar-refractivity contribution is 0.155. The van der Waals surface area contributed by atoms with E-state index in [2.05, 4.69) is 15.2 Å². The Morgan fingerprint density at radius 1 is 1.40 bits per heavy atom. The molecule has 0 N–H and O–H groups in total. The van der Waals surface area contributed by atoms with Gasteiger partial charge in [-0.1, -0.05) is 12.1 Å². The number of likely N-dealkylation sites (tertiary alicyclic amines) is 1. The predicted octanol–water partition coefficient (Wildman–Crippen LogP) is 0.0610. The number of sulfonamides is 1. The quantitative estimate of drug-likeness (QED) is 0.769. The van der Waals surface area contributed by atoms with Crippen molar-refractivity contribution >= 4 is 10.0 Å². The van der Waals surface area contributed by atoms with E-state index in [0.29, 0.717) is 6.54 Å². The monoisotopic (exact) mass is 301 g/mol. The van der Waals surface area contributed by atoms with Crippen LogP contribution in [0.4, 0.5) is 0 Å². The van der Waals surface area contributed by atoms with E-state index in [1.54, 1.807) is 8.99 Å². The highest BCUT2D eigenvalue weighted by molar-refractivity contribution is 7.88. The van der Waals surface area contributed by atoms with Crippen molar-refractivity contribution in [2.24, 2.45) is 7.05 Å². The van der Waals surface area contributed by atoms with E-state index in [1.165, 1.54) is 6.26 Å². The van der Waals surface area contributed by atoms with E-state index >= 15 is 0 Å². The van der Waals surface area contributed by atoms with Gasteiger partial charge in [0, 0.05) is 45.5 Å². The smallest absolute Gasteiger partial charge is 0.211 e. The van der Waals surface area contributed by atoms with Gasteiger partial charge in [0.2, 0.25) is 10.0 Å². The zero-order chi connectivity index (χ0) is 14.8. The van der Waals surface area contributed by atoms with Crippen molar-refractivity contribution < 1.29 is 8.42 Å². The molecule has 7 nitrogen and oxygen atoms in total. The molecule has 1 aliphatic heterocycles.